The van der Waals surface area contributed by atoms with E-state index in [-0.39, 0.29) is 0 Å². The maximum Gasteiger partial charge on any atom is 0.190 e. The fraction of sp³-hybridized carbons (Fsp3) is 0.0714. The van der Waals surface area contributed by atoms with E-state index in [4.69, 9.17) is 12.3 Å². The Bertz CT molecular complexity index is 621. The van der Waals surface area contributed by atoms with E-state index >= 15 is 0 Å². The second-order valence-electron chi connectivity index (χ2n) is 3.87. The summed E-state index contributed by atoms with van der Waals surface area (Å²) in [4.78, 5) is 3.40. The molecule has 0 aromatic heterocycles. The van der Waals surface area contributed by atoms with Gasteiger partial charge in [0.25, 0.3) is 0 Å². The van der Waals surface area contributed by atoms with Crippen LogP contribution in [0.3, 0.4) is 0 Å². The number of nitrogens with zero attached hydrogens (tertiary/aromatic N) is 3. The van der Waals surface area contributed by atoms with E-state index in [1.54, 1.807) is 36.4 Å². The van der Waals surface area contributed by atoms with Crippen LogP contribution in [0.1, 0.15) is 5.56 Å². The van der Waals surface area contributed by atoms with Crippen molar-refractivity contribution in [1.29, 1.82) is 0 Å². The molecule has 0 fully saturated rings. The Labute approximate surface area is 106 Å². The SMILES string of the molecule is [C-]#[N+]c1ccc(N=Nc2ccc(N)cc2)cc1C. The van der Waals surface area contributed by atoms with E-state index in [1.165, 1.54) is 0 Å². The first-order chi connectivity index (χ1) is 8.69. The molecule has 2 rings (SSSR count). The average molecular weight is 236 g/mol. The highest BCUT2D eigenvalue weighted by Crippen LogP contribution is 2.25. The van der Waals surface area contributed by atoms with Crippen LogP contribution in [-0.2, 0) is 0 Å². The zero-order valence-electron chi connectivity index (χ0n) is 9.96. The molecule has 0 saturated carbocycles. The quantitative estimate of drug-likeness (QED) is 0.464. The van der Waals surface area contributed by atoms with Crippen molar-refractivity contribution in [2.24, 2.45) is 10.2 Å². The predicted octanol–water partition coefficient (Wildman–Crippen LogP) is 4.54. The van der Waals surface area contributed by atoms with Crippen molar-refractivity contribution in [3.05, 3.63) is 59.4 Å². The molecule has 0 spiro atoms. The van der Waals surface area contributed by atoms with Gasteiger partial charge >= 0.3 is 0 Å². The minimum Gasteiger partial charge on any atom is -0.399 e. The molecule has 0 bridgehead atoms. The normalized spacial score (nSPS) is 10.4. The molecule has 4 heteroatoms. The molecule has 0 aliphatic heterocycles. The van der Waals surface area contributed by atoms with Crippen LogP contribution in [0, 0.1) is 13.5 Å². The van der Waals surface area contributed by atoms with E-state index in [0.29, 0.717) is 11.4 Å². The Hall–Kier alpha value is -2.67. The van der Waals surface area contributed by atoms with Gasteiger partial charge in [0.05, 0.1) is 17.9 Å². The first-order valence-electron chi connectivity index (χ1n) is 5.44. The standard InChI is InChI=1S/C14H12N4/c1-10-9-13(7-8-14(10)16-2)18-17-12-5-3-11(15)4-6-12/h3-9H,15H2,1H3. The highest BCUT2D eigenvalue weighted by molar-refractivity contribution is 5.58. The van der Waals surface area contributed by atoms with Crippen LogP contribution in [0.2, 0.25) is 0 Å². The molecule has 0 aliphatic rings. The van der Waals surface area contributed by atoms with Crippen LogP contribution in [-0.4, -0.2) is 0 Å². The van der Waals surface area contributed by atoms with Gasteiger partial charge in [-0.1, -0.05) is 6.07 Å². The molecule has 0 amide bonds. The second-order valence-corrected chi connectivity index (χ2v) is 3.87. The van der Waals surface area contributed by atoms with E-state index in [0.717, 1.165) is 16.9 Å². The van der Waals surface area contributed by atoms with E-state index in [9.17, 15) is 0 Å². The number of aryl methyl sites for hydroxylation is 1. The summed E-state index contributed by atoms with van der Waals surface area (Å²) in [6.45, 7) is 8.86. The molecule has 88 valence electrons. The number of anilines is 1. The van der Waals surface area contributed by atoms with Gasteiger partial charge in [-0.3, -0.25) is 0 Å². The van der Waals surface area contributed by atoms with E-state index in [1.807, 2.05) is 13.0 Å². The van der Waals surface area contributed by atoms with Crippen LogP contribution in [0.25, 0.3) is 4.85 Å². The third kappa shape index (κ3) is 2.71. The first kappa shape index (κ1) is 11.8. The highest BCUT2D eigenvalue weighted by Gasteiger charge is 1.98. The maximum absolute atomic E-state index is 6.97. The third-order valence-electron chi connectivity index (χ3n) is 2.47. The zero-order chi connectivity index (χ0) is 13.0. The number of azo groups is 1. The molecule has 0 saturated heterocycles. The van der Waals surface area contributed by atoms with Crippen LogP contribution in [0.15, 0.2) is 52.7 Å². The Balaban J connectivity index is 2.21. The molecule has 0 atom stereocenters. The fourth-order valence-corrected chi connectivity index (χ4v) is 1.48. The molecular formula is C14H12N4. The minimum absolute atomic E-state index is 0.640. The van der Waals surface area contributed by atoms with Crippen LogP contribution >= 0.6 is 0 Å². The van der Waals surface area contributed by atoms with Gasteiger partial charge in [-0.2, -0.15) is 10.2 Å². The number of hydrogen-bond donors (Lipinski definition) is 1. The summed E-state index contributed by atoms with van der Waals surface area (Å²) in [5, 5.41) is 8.23. The van der Waals surface area contributed by atoms with E-state index < -0.39 is 0 Å². The summed E-state index contributed by atoms with van der Waals surface area (Å²) < 4.78 is 0. The maximum atomic E-state index is 6.97. The lowest BCUT2D eigenvalue weighted by atomic mass is 10.2. The van der Waals surface area contributed by atoms with Gasteiger partial charge in [0, 0.05) is 5.69 Å². The van der Waals surface area contributed by atoms with E-state index in [2.05, 4.69) is 15.1 Å². The van der Waals surface area contributed by atoms with Gasteiger partial charge in [-0.15, -0.1) is 0 Å². The fourth-order valence-electron chi connectivity index (χ4n) is 1.48. The summed E-state index contributed by atoms with van der Waals surface area (Å²) in [5.41, 5.74) is 9.31. The molecule has 0 radical (unpaired) electrons. The summed E-state index contributed by atoms with van der Waals surface area (Å²) in [7, 11) is 0. The summed E-state index contributed by atoms with van der Waals surface area (Å²) >= 11 is 0. The monoisotopic (exact) mass is 236 g/mol. The number of rotatable bonds is 2. The smallest absolute Gasteiger partial charge is 0.190 e. The topological polar surface area (TPSA) is 55.1 Å². The largest absolute Gasteiger partial charge is 0.399 e. The summed E-state index contributed by atoms with van der Waals surface area (Å²) in [6, 6.07) is 12.5. The van der Waals surface area contributed by atoms with Gasteiger partial charge in [0.15, 0.2) is 5.69 Å². The Morgan fingerprint density at radius 1 is 1.00 bits per heavy atom. The lowest BCUT2D eigenvalue weighted by molar-refractivity contribution is 1.23. The highest BCUT2D eigenvalue weighted by atomic mass is 15.1. The number of nitrogens with two attached hydrogens (primary N) is 1. The Morgan fingerprint density at radius 2 is 1.61 bits per heavy atom. The molecule has 2 aromatic rings. The average Bonchev–Trinajstić information content (AvgIpc) is 2.38. The van der Waals surface area contributed by atoms with Crippen LogP contribution in [0.5, 0.6) is 0 Å². The van der Waals surface area contributed by atoms with Gasteiger partial charge in [-0.05, 0) is 48.9 Å². The number of nitrogen functional groups attached to an aromatic ring is 1. The zero-order valence-corrected chi connectivity index (χ0v) is 9.96. The Kier molecular flexibility index (Phi) is 3.35. The molecule has 4 nitrogen and oxygen atoms in total. The van der Waals surface area contributed by atoms with Crippen molar-refractivity contribution in [3.63, 3.8) is 0 Å². The third-order valence-corrected chi connectivity index (χ3v) is 2.47. The Morgan fingerprint density at radius 3 is 2.22 bits per heavy atom. The molecule has 18 heavy (non-hydrogen) atoms. The predicted molar refractivity (Wildman–Crippen MR) is 72.5 cm³/mol. The van der Waals surface area contributed by atoms with Crippen molar-refractivity contribution in [2.45, 2.75) is 6.92 Å². The minimum atomic E-state index is 0.640. The van der Waals surface area contributed by atoms with Crippen molar-refractivity contribution >= 4 is 22.7 Å². The molecule has 0 heterocycles. The molecule has 0 aliphatic carbocycles. The van der Waals surface area contributed by atoms with Crippen LogP contribution in [0.4, 0.5) is 22.7 Å². The number of benzene rings is 2. The van der Waals surface area contributed by atoms with Gasteiger partial charge in [0.1, 0.15) is 0 Å². The van der Waals surface area contributed by atoms with Crippen molar-refractivity contribution in [1.82, 2.24) is 0 Å². The second kappa shape index (κ2) is 5.11. The van der Waals surface area contributed by atoms with Crippen LogP contribution < -0.4 is 5.73 Å². The van der Waals surface area contributed by atoms with Crippen molar-refractivity contribution in [3.8, 4) is 0 Å². The molecule has 0 unspecified atom stereocenters. The molecular weight excluding hydrogens is 224 g/mol. The molecule has 2 N–H and O–H groups in total. The summed E-state index contributed by atoms with van der Waals surface area (Å²) in [5.74, 6) is 0. The first-order valence-corrected chi connectivity index (χ1v) is 5.44. The van der Waals surface area contributed by atoms with Gasteiger partial charge < -0.3 is 5.73 Å². The lowest BCUT2D eigenvalue weighted by Crippen LogP contribution is -1.80. The van der Waals surface area contributed by atoms with Gasteiger partial charge in [-0.25, -0.2) is 4.85 Å². The number of hydrogen-bond acceptors (Lipinski definition) is 3. The van der Waals surface area contributed by atoms with Crippen molar-refractivity contribution < 1.29 is 0 Å². The summed E-state index contributed by atoms with van der Waals surface area (Å²) in [6.07, 6.45) is 0. The van der Waals surface area contributed by atoms with Crippen molar-refractivity contribution in [2.75, 3.05) is 5.73 Å². The van der Waals surface area contributed by atoms with Gasteiger partial charge in [0.2, 0.25) is 0 Å². The molecule has 2 aromatic carbocycles. The lowest BCUT2D eigenvalue weighted by Gasteiger charge is -1.98.